The third-order valence-corrected chi connectivity index (χ3v) is 4.41. The molecule has 8 heteroatoms. The smallest absolute Gasteiger partial charge is 0.254 e. The van der Waals surface area contributed by atoms with Gasteiger partial charge in [-0.15, -0.1) is 0 Å². The Morgan fingerprint density at radius 3 is 2.21 bits per heavy atom. The zero-order valence-corrected chi connectivity index (χ0v) is 17.1. The van der Waals surface area contributed by atoms with Gasteiger partial charge in [-0.2, -0.15) is 4.98 Å². The van der Waals surface area contributed by atoms with Gasteiger partial charge in [0, 0.05) is 18.2 Å². The van der Waals surface area contributed by atoms with Gasteiger partial charge >= 0.3 is 0 Å². The molecule has 0 aliphatic heterocycles. The summed E-state index contributed by atoms with van der Waals surface area (Å²) in [4.78, 5) is 18.7. The highest BCUT2D eigenvalue weighted by Gasteiger charge is 2.21. The fraction of sp³-hybridized carbons (Fsp3) is 0.286. The molecule has 0 unspecified atom stereocenters. The molecule has 152 valence electrons. The van der Waals surface area contributed by atoms with Gasteiger partial charge in [0.1, 0.15) is 0 Å². The van der Waals surface area contributed by atoms with Gasteiger partial charge in [-0.05, 0) is 19.1 Å². The molecule has 0 atom stereocenters. The predicted molar refractivity (Wildman–Crippen MR) is 106 cm³/mol. The third-order valence-electron chi connectivity index (χ3n) is 4.41. The molecule has 3 rings (SSSR count). The van der Waals surface area contributed by atoms with Crippen molar-refractivity contribution in [2.45, 2.75) is 13.5 Å². The van der Waals surface area contributed by atoms with Crippen molar-refractivity contribution in [3.63, 3.8) is 0 Å². The van der Waals surface area contributed by atoms with Gasteiger partial charge in [0.05, 0.1) is 27.9 Å². The van der Waals surface area contributed by atoms with Crippen LogP contribution in [0.1, 0.15) is 21.8 Å². The van der Waals surface area contributed by atoms with E-state index in [1.165, 1.54) is 26.2 Å². The molecule has 0 N–H and O–H groups in total. The molecule has 0 bridgehead atoms. The lowest BCUT2D eigenvalue weighted by Gasteiger charge is -2.18. The Morgan fingerprint density at radius 2 is 1.66 bits per heavy atom. The van der Waals surface area contributed by atoms with E-state index in [0.29, 0.717) is 34.5 Å². The lowest BCUT2D eigenvalue weighted by Crippen LogP contribution is -2.26. The number of benzene rings is 2. The Labute approximate surface area is 169 Å². The van der Waals surface area contributed by atoms with Crippen molar-refractivity contribution >= 4 is 5.91 Å². The molecule has 1 heterocycles. The minimum atomic E-state index is -0.251. The largest absolute Gasteiger partial charge is 0.493 e. The number of rotatable bonds is 7. The number of carbonyl (C=O) groups excluding carboxylic acids is 1. The SMILES string of the molecule is COc1cc(C(=O)N(C)Cc2nc(-c3ccc(C)cc3)no2)cc(OC)c1OC. The van der Waals surface area contributed by atoms with Crippen LogP contribution in [0.3, 0.4) is 0 Å². The van der Waals surface area contributed by atoms with Gasteiger partial charge < -0.3 is 23.6 Å². The molecule has 2 aromatic carbocycles. The first-order valence-electron chi connectivity index (χ1n) is 8.92. The summed E-state index contributed by atoms with van der Waals surface area (Å²) in [5.41, 5.74) is 2.39. The summed E-state index contributed by atoms with van der Waals surface area (Å²) < 4.78 is 21.2. The second-order valence-corrected chi connectivity index (χ2v) is 6.45. The van der Waals surface area contributed by atoms with E-state index in [1.807, 2.05) is 31.2 Å². The van der Waals surface area contributed by atoms with E-state index < -0.39 is 0 Å². The van der Waals surface area contributed by atoms with Crippen LogP contribution in [0.4, 0.5) is 0 Å². The highest BCUT2D eigenvalue weighted by atomic mass is 16.5. The van der Waals surface area contributed by atoms with Gasteiger partial charge in [-0.1, -0.05) is 35.0 Å². The summed E-state index contributed by atoms with van der Waals surface area (Å²) in [6, 6.07) is 11.0. The molecule has 1 amide bonds. The highest BCUT2D eigenvalue weighted by Crippen LogP contribution is 2.38. The first kappa shape index (κ1) is 20.2. The number of methoxy groups -OCH3 is 3. The second-order valence-electron chi connectivity index (χ2n) is 6.45. The maximum Gasteiger partial charge on any atom is 0.254 e. The molecule has 8 nitrogen and oxygen atoms in total. The second kappa shape index (κ2) is 8.64. The zero-order valence-electron chi connectivity index (χ0n) is 17.1. The van der Waals surface area contributed by atoms with Crippen LogP contribution in [0, 0.1) is 6.92 Å². The summed E-state index contributed by atoms with van der Waals surface area (Å²) >= 11 is 0. The molecule has 0 aliphatic rings. The van der Waals surface area contributed by atoms with E-state index in [1.54, 1.807) is 19.2 Å². The van der Waals surface area contributed by atoms with Crippen LogP contribution in [0.2, 0.25) is 0 Å². The number of carbonyl (C=O) groups is 1. The molecule has 0 aliphatic carbocycles. The average molecular weight is 397 g/mol. The number of aryl methyl sites for hydroxylation is 1. The first-order chi connectivity index (χ1) is 14.0. The fourth-order valence-electron chi connectivity index (χ4n) is 2.84. The summed E-state index contributed by atoms with van der Waals surface area (Å²) in [5.74, 6) is 1.80. The van der Waals surface area contributed by atoms with Crippen LogP contribution in [0.5, 0.6) is 17.2 Å². The molecule has 0 saturated carbocycles. The Balaban J connectivity index is 1.78. The monoisotopic (exact) mass is 397 g/mol. The lowest BCUT2D eigenvalue weighted by atomic mass is 10.1. The van der Waals surface area contributed by atoms with E-state index in [4.69, 9.17) is 18.7 Å². The molecular formula is C21H23N3O5. The number of amides is 1. The van der Waals surface area contributed by atoms with Crippen molar-refractivity contribution in [3.05, 3.63) is 53.4 Å². The van der Waals surface area contributed by atoms with E-state index in [2.05, 4.69) is 10.1 Å². The molecular weight excluding hydrogens is 374 g/mol. The standard InChI is InChI=1S/C21H23N3O5/c1-13-6-8-14(9-7-13)20-22-18(29-23-20)12-24(2)21(25)15-10-16(26-3)19(28-5)17(11-15)27-4/h6-11H,12H2,1-5H3. The van der Waals surface area contributed by atoms with Gasteiger partial charge in [-0.25, -0.2) is 0 Å². The molecule has 29 heavy (non-hydrogen) atoms. The molecule has 0 radical (unpaired) electrons. The Bertz CT molecular complexity index is 973. The van der Waals surface area contributed by atoms with E-state index in [0.717, 1.165) is 11.1 Å². The summed E-state index contributed by atoms with van der Waals surface area (Å²) in [6.07, 6.45) is 0. The fourth-order valence-corrected chi connectivity index (χ4v) is 2.84. The Hall–Kier alpha value is -3.55. The summed E-state index contributed by atoms with van der Waals surface area (Å²) in [7, 11) is 6.16. The van der Waals surface area contributed by atoms with Crippen molar-refractivity contribution in [2.24, 2.45) is 0 Å². The number of hydrogen-bond donors (Lipinski definition) is 0. The minimum absolute atomic E-state index is 0.161. The molecule has 0 saturated heterocycles. The zero-order chi connectivity index (χ0) is 21.0. The molecule has 0 spiro atoms. The number of ether oxygens (including phenoxy) is 3. The van der Waals surface area contributed by atoms with Crippen LogP contribution in [0.25, 0.3) is 11.4 Å². The van der Waals surface area contributed by atoms with Gasteiger partial charge in [-0.3, -0.25) is 4.79 Å². The predicted octanol–water partition coefficient (Wildman–Crippen LogP) is 3.34. The third kappa shape index (κ3) is 4.31. The molecule has 0 fully saturated rings. The highest BCUT2D eigenvalue weighted by molar-refractivity contribution is 5.95. The van der Waals surface area contributed by atoms with Crippen LogP contribution < -0.4 is 14.2 Å². The quantitative estimate of drug-likeness (QED) is 0.604. The van der Waals surface area contributed by atoms with Crippen molar-refractivity contribution in [1.82, 2.24) is 15.0 Å². The van der Waals surface area contributed by atoms with E-state index in [-0.39, 0.29) is 12.5 Å². The van der Waals surface area contributed by atoms with Gasteiger partial charge in [0.25, 0.3) is 5.91 Å². The summed E-state index contributed by atoms with van der Waals surface area (Å²) in [6.45, 7) is 2.17. The average Bonchev–Trinajstić information content (AvgIpc) is 3.20. The molecule has 1 aromatic heterocycles. The number of nitrogens with zero attached hydrogens (tertiary/aromatic N) is 3. The Morgan fingerprint density at radius 1 is 1.03 bits per heavy atom. The van der Waals surface area contributed by atoms with Gasteiger partial charge in [0.15, 0.2) is 11.5 Å². The molecule has 3 aromatic rings. The van der Waals surface area contributed by atoms with E-state index >= 15 is 0 Å². The summed E-state index contributed by atoms with van der Waals surface area (Å²) in [5, 5.41) is 4.00. The van der Waals surface area contributed by atoms with Gasteiger partial charge in [0.2, 0.25) is 17.5 Å². The number of aromatic nitrogens is 2. The maximum absolute atomic E-state index is 12.9. The Kier molecular flexibility index (Phi) is 6.01. The van der Waals surface area contributed by atoms with Crippen molar-refractivity contribution in [1.29, 1.82) is 0 Å². The van der Waals surface area contributed by atoms with Crippen LogP contribution in [-0.2, 0) is 6.54 Å². The maximum atomic E-state index is 12.9. The van der Waals surface area contributed by atoms with Crippen LogP contribution in [-0.4, -0.2) is 49.3 Å². The normalized spacial score (nSPS) is 10.5. The van der Waals surface area contributed by atoms with Crippen molar-refractivity contribution < 1.29 is 23.5 Å². The van der Waals surface area contributed by atoms with E-state index in [9.17, 15) is 4.79 Å². The lowest BCUT2D eigenvalue weighted by molar-refractivity contribution is 0.0768. The van der Waals surface area contributed by atoms with Crippen molar-refractivity contribution in [2.75, 3.05) is 28.4 Å². The number of hydrogen-bond acceptors (Lipinski definition) is 7. The minimum Gasteiger partial charge on any atom is -0.493 e. The first-order valence-corrected chi connectivity index (χ1v) is 8.92. The van der Waals surface area contributed by atoms with Crippen LogP contribution in [0.15, 0.2) is 40.9 Å². The topological polar surface area (TPSA) is 86.9 Å². The van der Waals surface area contributed by atoms with Crippen molar-refractivity contribution in [3.8, 4) is 28.6 Å². The van der Waals surface area contributed by atoms with Crippen LogP contribution >= 0.6 is 0 Å².